The van der Waals surface area contributed by atoms with Gasteiger partial charge in [-0.3, -0.25) is 9.59 Å². The maximum Gasteiger partial charge on any atom is 0.313 e. The average molecular weight is 308 g/mol. The van der Waals surface area contributed by atoms with E-state index in [1.807, 2.05) is 48.5 Å². The van der Waals surface area contributed by atoms with E-state index < -0.39 is 11.8 Å². The zero-order chi connectivity index (χ0) is 16.1. The first-order valence-electron chi connectivity index (χ1n) is 7.97. The van der Waals surface area contributed by atoms with E-state index in [1.165, 1.54) is 0 Å². The zero-order valence-corrected chi connectivity index (χ0v) is 12.9. The number of para-hydroxylation sites is 1. The molecule has 118 valence electrons. The minimum absolute atomic E-state index is 0.0148. The Morgan fingerprint density at radius 2 is 1.57 bits per heavy atom. The molecule has 4 nitrogen and oxygen atoms in total. The third-order valence-corrected chi connectivity index (χ3v) is 4.17. The van der Waals surface area contributed by atoms with Crippen LogP contribution < -0.4 is 5.32 Å². The molecule has 1 saturated heterocycles. The van der Waals surface area contributed by atoms with Gasteiger partial charge in [0.05, 0.1) is 6.04 Å². The quantitative estimate of drug-likeness (QED) is 0.865. The topological polar surface area (TPSA) is 49.4 Å². The molecule has 0 bridgehead atoms. The standard InChI is InChI=1S/C19H20N2O2/c22-18(20-16-11-5-2-6-12-16)19(23)21-14-8-7-13-17(21)15-9-3-1-4-10-15/h1-6,9-12,17H,7-8,13-14H2,(H,20,22)/t17-/m1/s1. The molecule has 1 aliphatic heterocycles. The van der Waals surface area contributed by atoms with E-state index in [1.54, 1.807) is 17.0 Å². The third-order valence-electron chi connectivity index (χ3n) is 4.17. The number of benzene rings is 2. The highest BCUT2D eigenvalue weighted by Crippen LogP contribution is 2.30. The lowest BCUT2D eigenvalue weighted by molar-refractivity contribution is -0.145. The predicted octanol–water partition coefficient (Wildman–Crippen LogP) is 3.38. The summed E-state index contributed by atoms with van der Waals surface area (Å²) in [6.45, 7) is 0.626. The number of piperidine rings is 1. The molecule has 4 heteroatoms. The lowest BCUT2D eigenvalue weighted by atomic mass is 9.95. The second kappa shape index (κ2) is 7.09. The van der Waals surface area contributed by atoms with Gasteiger partial charge in [-0.25, -0.2) is 0 Å². The number of amides is 2. The van der Waals surface area contributed by atoms with Gasteiger partial charge in [0.25, 0.3) is 0 Å². The van der Waals surface area contributed by atoms with Crippen LogP contribution in [-0.4, -0.2) is 23.3 Å². The molecule has 1 atom stereocenters. The van der Waals surface area contributed by atoms with Crippen molar-refractivity contribution in [3.8, 4) is 0 Å². The number of anilines is 1. The van der Waals surface area contributed by atoms with Crippen LogP contribution in [0.5, 0.6) is 0 Å². The van der Waals surface area contributed by atoms with Crippen molar-refractivity contribution >= 4 is 17.5 Å². The number of carbonyl (C=O) groups is 2. The van der Waals surface area contributed by atoms with Gasteiger partial charge in [-0.2, -0.15) is 0 Å². The number of nitrogens with zero attached hydrogens (tertiary/aromatic N) is 1. The van der Waals surface area contributed by atoms with E-state index in [0.29, 0.717) is 12.2 Å². The average Bonchev–Trinajstić information content (AvgIpc) is 2.62. The number of nitrogens with one attached hydrogen (secondary N) is 1. The number of hydrogen-bond acceptors (Lipinski definition) is 2. The Balaban J connectivity index is 1.75. The minimum Gasteiger partial charge on any atom is -0.327 e. The fraction of sp³-hybridized carbons (Fsp3) is 0.263. The summed E-state index contributed by atoms with van der Waals surface area (Å²) in [6.07, 6.45) is 2.91. The van der Waals surface area contributed by atoms with Crippen LogP contribution in [0.1, 0.15) is 30.9 Å². The fourth-order valence-electron chi connectivity index (χ4n) is 3.03. The second-order valence-corrected chi connectivity index (χ2v) is 5.74. The minimum atomic E-state index is -0.570. The number of hydrogen-bond donors (Lipinski definition) is 1. The lowest BCUT2D eigenvalue weighted by Crippen LogP contribution is -2.44. The van der Waals surface area contributed by atoms with Gasteiger partial charge in [0.2, 0.25) is 0 Å². The van der Waals surface area contributed by atoms with Gasteiger partial charge in [0, 0.05) is 12.2 Å². The molecule has 3 rings (SSSR count). The summed E-state index contributed by atoms with van der Waals surface area (Å²) in [7, 11) is 0. The Morgan fingerprint density at radius 3 is 2.26 bits per heavy atom. The predicted molar refractivity (Wildman–Crippen MR) is 89.8 cm³/mol. The molecule has 23 heavy (non-hydrogen) atoms. The van der Waals surface area contributed by atoms with E-state index in [2.05, 4.69) is 5.32 Å². The molecule has 1 heterocycles. The van der Waals surface area contributed by atoms with Crippen molar-refractivity contribution in [2.75, 3.05) is 11.9 Å². The monoisotopic (exact) mass is 308 g/mol. The van der Waals surface area contributed by atoms with Crippen LogP contribution in [0, 0.1) is 0 Å². The molecule has 2 amide bonds. The van der Waals surface area contributed by atoms with Crippen LogP contribution in [-0.2, 0) is 9.59 Å². The number of carbonyl (C=O) groups excluding carboxylic acids is 2. The summed E-state index contributed by atoms with van der Waals surface area (Å²) in [6, 6.07) is 19.0. The van der Waals surface area contributed by atoms with Crippen LogP contribution >= 0.6 is 0 Å². The van der Waals surface area contributed by atoms with Crippen molar-refractivity contribution in [3.05, 3.63) is 66.2 Å². The van der Waals surface area contributed by atoms with Crippen molar-refractivity contribution in [1.29, 1.82) is 0 Å². The molecular formula is C19H20N2O2. The Bertz CT molecular complexity index is 670. The van der Waals surface area contributed by atoms with E-state index in [4.69, 9.17) is 0 Å². The summed E-state index contributed by atoms with van der Waals surface area (Å²) < 4.78 is 0. The molecule has 2 aromatic rings. The molecule has 1 fully saturated rings. The zero-order valence-electron chi connectivity index (χ0n) is 12.9. The first-order chi connectivity index (χ1) is 11.3. The van der Waals surface area contributed by atoms with E-state index >= 15 is 0 Å². The molecule has 0 radical (unpaired) electrons. The van der Waals surface area contributed by atoms with Crippen molar-refractivity contribution in [2.24, 2.45) is 0 Å². The number of rotatable bonds is 2. The Morgan fingerprint density at radius 1 is 0.913 bits per heavy atom. The van der Waals surface area contributed by atoms with E-state index in [-0.39, 0.29) is 6.04 Å². The normalized spacial score (nSPS) is 17.6. The summed E-state index contributed by atoms with van der Waals surface area (Å²) >= 11 is 0. The van der Waals surface area contributed by atoms with Crippen LogP contribution in [0.25, 0.3) is 0 Å². The molecule has 1 aliphatic rings. The Hall–Kier alpha value is -2.62. The van der Waals surface area contributed by atoms with Crippen LogP contribution in [0.15, 0.2) is 60.7 Å². The van der Waals surface area contributed by atoms with Crippen LogP contribution in [0.4, 0.5) is 5.69 Å². The molecule has 0 unspecified atom stereocenters. The molecule has 2 aromatic carbocycles. The lowest BCUT2D eigenvalue weighted by Gasteiger charge is -2.35. The summed E-state index contributed by atoms with van der Waals surface area (Å²) in [4.78, 5) is 26.6. The summed E-state index contributed by atoms with van der Waals surface area (Å²) in [5.41, 5.74) is 1.73. The van der Waals surface area contributed by atoms with Crippen molar-refractivity contribution in [2.45, 2.75) is 25.3 Å². The number of likely N-dealkylation sites (tertiary alicyclic amines) is 1. The van der Waals surface area contributed by atoms with Crippen LogP contribution in [0.3, 0.4) is 0 Å². The molecule has 0 aliphatic carbocycles. The van der Waals surface area contributed by atoms with Crippen LogP contribution in [0.2, 0.25) is 0 Å². The molecule has 0 saturated carbocycles. The summed E-state index contributed by atoms with van der Waals surface area (Å²) in [5, 5.41) is 2.68. The second-order valence-electron chi connectivity index (χ2n) is 5.74. The highest BCUT2D eigenvalue weighted by molar-refractivity contribution is 6.39. The Labute approximate surface area is 136 Å². The van der Waals surface area contributed by atoms with E-state index in [0.717, 1.165) is 24.8 Å². The van der Waals surface area contributed by atoms with E-state index in [9.17, 15) is 9.59 Å². The summed E-state index contributed by atoms with van der Waals surface area (Å²) in [5.74, 6) is -1.03. The fourth-order valence-corrected chi connectivity index (χ4v) is 3.03. The molecule has 1 N–H and O–H groups in total. The van der Waals surface area contributed by atoms with Crippen molar-refractivity contribution < 1.29 is 9.59 Å². The first kappa shape index (κ1) is 15.3. The van der Waals surface area contributed by atoms with Crippen molar-refractivity contribution in [1.82, 2.24) is 4.90 Å². The third kappa shape index (κ3) is 3.59. The SMILES string of the molecule is O=C(Nc1ccccc1)C(=O)N1CCCC[C@@H]1c1ccccc1. The highest BCUT2D eigenvalue weighted by atomic mass is 16.2. The van der Waals surface area contributed by atoms with Gasteiger partial charge in [0.15, 0.2) is 0 Å². The smallest absolute Gasteiger partial charge is 0.313 e. The largest absolute Gasteiger partial charge is 0.327 e. The van der Waals surface area contributed by atoms with Gasteiger partial charge >= 0.3 is 11.8 Å². The maximum absolute atomic E-state index is 12.6. The maximum atomic E-state index is 12.6. The van der Waals surface area contributed by atoms with Gasteiger partial charge in [0.1, 0.15) is 0 Å². The van der Waals surface area contributed by atoms with Gasteiger partial charge in [-0.15, -0.1) is 0 Å². The Kier molecular flexibility index (Phi) is 4.71. The molecule has 0 aromatic heterocycles. The van der Waals surface area contributed by atoms with Crippen molar-refractivity contribution in [3.63, 3.8) is 0 Å². The van der Waals surface area contributed by atoms with Gasteiger partial charge < -0.3 is 10.2 Å². The highest BCUT2D eigenvalue weighted by Gasteiger charge is 2.31. The molecule has 0 spiro atoms. The van der Waals surface area contributed by atoms with Gasteiger partial charge in [-0.1, -0.05) is 48.5 Å². The molecular weight excluding hydrogens is 288 g/mol. The first-order valence-corrected chi connectivity index (χ1v) is 7.97. The van der Waals surface area contributed by atoms with Gasteiger partial charge in [-0.05, 0) is 37.0 Å².